The van der Waals surface area contributed by atoms with Crippen molar-refractivity contribution in [1.29, 1.82) is 0 Å². The van der Waals surface area contributed by atoms with E-state index in [-0.39, 0.29) is 11.5 Å². The van der Waals surface area contributed by atoms with Crippen LogP contribution in [0.15, 0.2) is 18.2 Å². The average molecular weight is 170 g/mol. The molecule has 0 spiro atoms. The van der Waals surface area contributed by atoms with Crippen molar-refractivity contribution in [2.45, 2.75) is 0 Å². The van der Waals surface area contributed by atoms with E-state index in [1.165, 1.54) is 25.3 Å². The van der Waals surface area contributed by atoms with E-state index in [1.54, 1.807) is 0 Å². The normalized spacial score (nSPS) is 11.3. The van der Waals surface area contributed by atoms with E-state index in [0.29, 0.717) is 0 Å². The molecule has 0 aliphatic carbocycles. The van der Waals surface area contributed by atoms with Crippen molar-refractivity contribution in [3.8, 4) is 5.88 Å². The second kappa shape index (κ2) is 3.10. The minimum absolute atomic E-state index is 0.214. The Labute approximate surface area is 69.3 Å². The quantitative estimate of drug-likeness (QED) is 0.456. The van der Waals surface area contributed by atoms with Gasteiger partial charge in [0.15, 0.2) is 0 Å². The maximum absolute atomic E-state index is 8.76. The highest BCUT2D eigenvalue weighted by molar-refractivity contribution is 6.70. The van der Waals surface area contributed by atoms with Crippen LogP contribution in [0.4, 0.5) is 0 Å². The lowest BCUT2D eigenvalue weighted by Crippen LogP contribution is -2.50. The van der Waals surface area contributed by atoms with Gasteiger partial charge in [-0.3, -0.25) is 4.98 Å². The SMILES string of the molecule is COc1cccc([B-](O)(O)O)n1. The summed E-state index contributed by atoms with van der Waals surface area (Å²) in [7, 11) is 1.40. The van der Waals surface area contributed by atoms with Gasteiger partial charge in [0.05, 0.1) is 7.11 Å². The van der Waals surface area contributed by atoms with Crippen LogP contribution in [-0.4, -0.2) is 33.9 Å². The molecule has 1 aromatic rings. The third-order valence-electron chi connectivity index (χ3n) is 1.35. The molecule has 0 aromatic carbocycles. The van der Waals surface area contributed by atoms with Crippen LogP contribution >= 0.6 is 0 Å². The predicted octanol–water partition coefficient (Wildman–Crippen LogP) is -1.79. The summed E-state index contributed by atoms with van der Waals surface area (Å²) in [6.07, 6.45) is 0. The van der Waals surface area contributed by atoms with Crippen LogP contribution in [0.5, 0.6) is 5.88 Å². The summed E-state index contributed by atoms with van der Waals surface area (Å²) in [5.74, 6) is 0.218. The number of pyridine rings is 1. The largest absolute Gasteiger partial charge is 0.555 e. The van der Waals surface area contributed by atoms with E-state index in [4.69, 9.17) is 19.8 Å². The van der Waals surface area contributed by atoms with Gasteiger partial charge in [0, 0.05) is 6.07 Å². The summed E-state index contributed by atoms with van der Waals surface area (Å²) in [5.41, 5.74) is -0.214. The molecule has 0 aliphatic rings. The van der Waals surface area contributed by atoms with E-state index in [0.717, 1.165) is 0 Å². The monoisotopic (exact) mass is 170 g/mol. The average Bonchev–Trinajstić information content (AvgIpc) is 2.03. The second-order valence-electron chi connectivity index (χ2n) is 2.34. The van der Waals surface area contributed by atoms with Crippen molar-refractivity contribution in [1.82, 2.24) is 4.98 Å². The molecule has 1 aromatic heterocycles. The number of ether oxygens (including phenoxy) is 1. The van der Waals surface area contributed by atoms with Gasteiger partial charge in [-0.25, -0.2) is 0 Å². The van der Waals surface area contributed by atoms with Crippen molar-refractivity contribution in [2.75, 3.05) is 7.11 Å². The minimum Gasteiger partial charge on any atom is -0.555 e. The molecule has 6 heteroatoms. The standard InChI is InChI=1S/C6H9BNO4/c1-12-6-4-2-3-5(8-6)7(9,10)11/h2-4,9-11H,1H3/q-1. The molecule has 12 heavy (non-hydrogen) atoms. The van der Waals surface area contributed by atoms with Crippen molar-refractivity contribution >= 4 is 12.3 Å². The highest BCUT2D eigenvalue weighted by Crippen LogP contribution is 2.01. The van der Waals surface area contributed by atoms with Gasteiger partial charge in [-0.2, -0.15) is 0 Å². The van der Waals surface area contributed by atoms with Gasteiger partial charge < -0.3 is 19.8 Å². The summed E-state index contributed by atoms with van der Waals surface area (Å²) in [5, 5.41) is 26.3. The molecule has 0 unspecified atom stereocenters. The zero-order chi connectivity index (χ0) is 9.19. The molecular formula is C6H9BNO4-. The first-order valence-corrected chi connectivity index (χ1v) is 3.37. The van der Waals surface area contributed by atoms with Crippen LogP contribution in [0.25, 0.3) is 0 Å². The smallest absolute Gasteiger partial charge is 0.420 e. The van der Waals surface area contributed by atoms with Crippen LogP contribution < -0.4 is 10.3 Å². The summed E-state index contributed by atoms with van der Waals surface area (Å²) in [4.78, 5) is 3.62. The van der Waals surface area contributed by atoms with Crippen molar-refractivity contribution in [3.63, 3.8) is 0 Å². The molecular weight excluding hydrogens is 161 g/mol. The predicted molar refractivity (Wildman–Crippen MR) is 42.8 cm³/mol. The number of hydrogen-bond donors (Lipinski definition) is 3. The van der Waals surface area contributed by atoms with Crippen LogP contribution in [0.1, 0.15) is 0 Å². The molecule has 0 bridgehead atoms. The van der Waals surface area contributed by atoms with Crippen LogP contribution in [0, 0.1) is 0 Å². The molecule has 1 heterocycles. The Morgan fingerprint density at radius 3 is 2.50 bits per heavy atom. The van der Waals surface area contributed by atoms with Gasteiger partial charge in [-0.1, -0.05) is 12.1 Å². The third kappa shape index (κ3) is 1.94. The first-order chi connectivity index (χ1) is 5.54. The Kier molecular flexibility index (Phi) is 2.32. The molecule has 0 atom stereocenters. The highest BCUT2D eigenvalue weighted by Gasteiger charge is 2.19. The lowest BCUT2D eigenvalue weighted by molar-refractivity contribution is 0.247. The summed E-state index contributed by atoms with van der Waals surface area (Å²) in [6, 6.07) is 4.33. The van der Waals surface area contributed by atoms with Crippen LogP contribution in [0.2, 0.25) is 0 Å². The van der Waals surface area contributed by atoms with E-state index in [2.05, 4.69) is 4.98 Å². The van der Waals surface area contributed by atoms with Gasteiger partial charge >= 0.3 is 6.75 Å². The highest BCUT2D eigenvalue weighted by atomic mass is 16.5. The molecule has 0 amide bonds. The number of rotatable bonds is 2. The van der Waals surface area contributed by atoms with E-state index < -0.39 is 6.75 Å². The fourth-order valence-corrected chi connectivity index (χ4v) is 0.760. The third-order valence-corrected chi connectivity index (χ3v) is 1.35. The molecule has 0 saturated heterocycles. The van der Waals surface area contributed by atoms with E-state index in [9.17, 15) is 0 Å². The molecule has 0 radical (unpaired) electrons. The van der Waals surface area contributed by atoms with Crippen molar-refractivity contribution < 1.29 is 19.8 Å². The fraction of sp³-hybridized carbons (Fsp3) is 0.167. The van der Waals surface area contributed by atoms with Gasteiger partial charge in [-0.15, -0.1) is 0 Å². The van der Waals surface area contributed by atoms with E-state index >= 15 is 0 Å². The number of methoxy groups -OCH3 is 1. The van der Waals surface area contributed by atoms with Crippen molar-refractivity contribution in [3.05, 3.63) is 18.2 Å². The molecule has 0 fully saturated rings. The number of nitrogens with zero attached hydrogens (tertiary/aromatic N) is 1. The molecule has 66 valence electrons. The molecule has 0 aliphatic heterocycles. The van der Waals surface area contributed by atoms with Gasteiger partial charge in [0.1, 0.15) is 0 Å². The Morgan fingerprint density at radius 2 is 2.00 bits per heavy atom. The lowest BCUT2D eigenvalue weighted by atomic mass is 9.75. The second-order valence-corrected chi connectivity index (χ2v) is 2.34. The van der Waals surface area contributed by atoms with Gasteiger partial charge in [0.2, 0.25) is 5.88 Å². The summed E-state index contributed by atoms with van der Waals surface area (Å²) in [6.45, 7) is -3.52. The Balaban J connectivity index is 3.02. The maximum Gasteiger partial charge on any atom is 0.420 e. The first-order valence-electron chi connectivity index (χ1n) is 3.37. The number of hydrogen-bond acceptors (Lipinski definition) is 5. The molecule has 5 nitrogen and oxygen atoms in total. The fourth-order valence-electron chi connectivity index (χ4n) is 0.760. The maximum atomic E-state index is 8.76. The molecule has 3 N–H and O–H groups in total. The Hall–Kier alpha value is -1.11. The molecule has 0 saturated carbocycles. The topological polar surface area (TPSA) is 82.8 Å². The first kappa shape index (κ1) is 8.99. The van der Waals surface area contributed by atoms with E-state index in [1.807, 2.05) is 0 Å². The van der Waals surface area contributed by atoms with Crippen LogP contribution in [0.3, 0.4) is 0 Å². The zero-order valence-corrected chi connectivity index (χ0v) is 6.51. The van der Waals surface area contributed by atoms with Crippen LogP contribution in [-0.2, 0) is 0 Å². The Bertz CT molecular complexity index is 272. The Morgan fingerprint density at radius 1 is 1.33 bits per heavy atom. The minimum atomic E-state index is -3.52. The summed E-state index contributed by atoms with van der Waals surface area (Å²) >= 11 is 0. The van der Waals surface area contributed by atoms with Crippen molar-refractivity contribution in [2.24, 2.45) is 0 Å². The zero-order valence-electron chi connectivity index (χ0n) is 6.51. The number of aromatic nitrogens is 1. The van der Waals surface area contributed by atoms with Gasteiger partial charge in [-0.05, 0) is 5.59 Å². The molecule has 1 rings (SSSR count). The lowest BCUT2D eigenvalue weighted by Gasteiger charge is -2.19. The summed E-state index contributed by atoms with van der Waals surface area (Å²) < 4.78 is 4.72. The van der Waals surface area contributed by atoms with Gasteiger partial charge in [0.25, 0.3) is 0 Å².